The molecular formula is C23H30N2O7S. The Morgan fingerprint density at radius 2 is 1.73 bits per heavy atom. The standard InChI is InChI=1S/C23H30N2O7S/c26-18-3-5-20(6-4-18)32-16-19(27)15-24-12-9-17-1-7-21(8-2-17)33(30,31)22-10-13-25(14-11-22)23(28)29/h1-8,19,22,24,26-27H,9-16H2,(H,28,29)/t19-/m0/s1. The third-order valence-corrected chi connectivity index (χ3v) is 7.93. The van der Waals surface area contributed by atoms with Crippen LogP contribution in [-0.4, -0.2) is 78.9 Å². The van der Waals surface area contributed by atoms with Crippen LogP contribution in [-0.2, 0) is 16.3 Å². The minimum absolute atomic E-state index is 0.121. The molecule has 0 aliphatic carbocycles. The number of hydrogen-bond donors (Lipinski definition) is 4. The Kier molecular flexibility index (Phi) is 8.54. The third kappa shape index (κ3) is 7.08. The summed E-state index contributed by atoms with van der Waals surface area (Å²) in [4.78, 5) is 12.5. The minimum atomic E-state index is -3.49. The van der Waals surface area contributed by atoms with E-state index in [0.29, 0.717) is 38.1 Å². The van der Waals surface area contributed by atoms with Gasteiger partial charge in [0, 0.05) is 19.6 Å². The number of carbonyl (C=O) groups is 1. The molecule has 1 amide bonds. The number of phenols is 1. The highest BCUT2D eigenvalue weighted by atomic mass is 32.2. The van der Waals surface area contributed by atoms with Crippen molar-refractivity contribution in [1.82, 2.24) is 10.2 Å². The average Bonchev–Trinajstić information content (AvgIpc) is 2.82. The van der Waals surface area contributed by atoms with Crippen LogP contribution in [0.1, 0.15) is 18.4 Å². The number of rotatable bonds is 10. The highest BCUT2D eigenvalue weighted by Crippen LogP contribution is 2.25. The number of nitrogens with zero attached hydrogens (tertiary/aromatic N) is 1. The van der Waals surface area contributed by atoms with Gasteiger partial charge in [-0.05, 0) is 67.8 Å². The zero-order valence-electron chi connectivity index (χ0n) is 18.3. The summed E-state index contributed by atoms with van der Waals surface area (Å²) in [5, 5.41) is 30.9. The largest absolute Gasteiger partial charge is 0.508 e. The van der Waals surface area contributed by atoms with E-state index >= 15 is 0 Å². The van der Waals surface area contributed by atoms with Gasteiger partial charge in [0.15, 0.2) is 9.84 Å². The van der Waals surface area contributed by atoms with Crippen LogP contribution in [0.4, 0.5) is 4.79 Å². The van der Waals surface area contributed by atoms with E-state index in [2.05, 4.69) is 5.32 Å². The van der Waals surface area contributed by atoms with Crippen molar-refractivity contribution in [1.29, 1.82) is 0 Å². The maximum Gasteiger partial charge on any atom is 0.407 e. The third-order valence-electron chi connectivity index (χ3n) is 5.65. The Labute approximate surface area is 193 Å². The number of aliphatic hydroxyl groups excluding tert-OH is 1. The number of aliphatic hydroxyl groups is 1. The lowest BCUT2D eigenvalue weighted by molar-refractivity contribution is 0.106. The van der Waals surface area contributed by atoms with Crippen LogP contribution in [0, 0.1) is 0 Å². The van der Waals surface area contributed by atoms with Crippen LogP contribution in [0.25, 0.3) is 0 Å². The molecule has 180 valence electrons. The molecule has 1 saturated heterocycles. The predicted octanol–water partition coefficient (Wildman–Crippen LogP) is 1.88. The van der Waals surface area contributed by atoms with Gasteiger partial charge in [0.2, 0.25) is 0 Å². The Bertz CT molecular complexity index is 1000. The molecule has 3 rings (SSSR count). The maximum absolute atomic E-state index is 12.9. The number of likely N-dealkylation sites (tertiary alicyclic amines) is 1. The fourth-order valence-corrected chi connectivity index (χ4v) is 5.42. The molecule has 2 aromatic rings. The highest BCUT2D eigenvalue weighted by molar-refractivity contribution is 7.92. The van der Waals surface area contributed by atoms with Crippen molar-refractivity contribution in [2.45, 2.75) is 35.5 Å². The molecule has 1 heterocycles. The van der Waals surface area contributed by atoms with E-state index in [4.69, 9.17) is 9.84 Å². The van der Waals surface area contributed by atoms with E-state index in [0.717, 1.165) is 5.56 Å². The first-order chi connectivity index (χ1) is 15.8. The molecule has 0 spiro atoms. The number of phenolic OH excluding ortho intramolecular Hbond substituents is 1. The monoisotopic (exact) mass is 478 g/mol. The van der Waals surface area contributed by atoms with E-state index < -0.39 is 27.3 Å². The summed E-state index contributed by atoms with van der Waals surface area (Å²) >= 11 is 0. The molecule has 2 aromatic carbocycles. The van der Waals surface area contributed by atoms with Gasteiger partial charge in [0.25, 0.3) is 0 Å². The molecule has 0 radical (unpaired) electrons. The van der Waals surface area contributed by atoms with Gasteiger partial charge in [-0.15, -0.1) is 0 Å². The van der Waals surface area contributed by atoms with Gasteiger partial charge in [-0.25, -0.2) is 13.2 Å². The second kappa shape index (κ2) is 11.4. The van der Waals surface area contributed by atoms with Gasteiger partial charge in [0.1, 0.15) is 24.2 Å². The van der Waals surface area contributed by atoms with E-state index in [1.807, 2.05) is 0 Å². The van der Waals surface area contributed by atoms with Gasteiger partial charge in [0.05, 0.1) is 10.1 Å². The van der Waals surface area contributed by atoms with Crippen LogP contribution in [0.2, 0.25) is 0 Å². The summed E-state index contributed by atoms with van der Waals surface area (Å²) in [6.45, 7) is 1.54. The first kappa shape index (κ1) is 24.8. The first-order valence-corrected chi connectivity index (χ1v) is 12.4. The van der Waals surface area contributed by atoms with Gasteiger partial charge < -0.3 is 30.3 Å². The lowest BCUT2D eigenvalue weighted by atomic mass is 10.1. The van der Waals surface area contributed by atoms with Gasteiger partial charge in [-0.1, -0.05) is 12.1 Å². The predicted molar refractivity (Wildman–Crippen MR) is 122 cm³/mol. The molecular weight excluding hydrogens is 448 g/mol. The number of hydrogen-bond acceptors (Lipinski definition) is 7. The van der Waals surface area contributed by atoms with Crippen LogP contribution in [0.5, 0.6) is 11.5 Å². The number of nitrogens with one attached hydrogen (secondary N) is 1. The number of aromatic hydroxyl groups is 1. The molecule has 1 fully saturated rings. The van der Waals surface area contributed by atoms with Crippen molar-refractivity contribution in [2.24, 2.45) is 0 Å². The van der Waals surface area contributed by atoms with Crippen LogP contribution in [0.3, 0.4) is 0 Å². The van der Waals surface area contributed by atoms with Crippen molar-refractivity contribution in [3.05, 3.63) is 54.1 Å². The summed E-state index contributed by atoms with van der Waals surface area (Å²) < 4.78 is 31.2. The van der Waals surface area contributed by atoms with Crippen molar-refractivity contribution in [3.8, 4) is 11.5 Å². The first-order valence-electron chi connectivity index (χ1n) is 10.9. The molecule has 0 aromatic heterocycles. The zero-order valence-corrected chi connectivity index (χ0v) is 19.1. The second-order valence-corrected chi connectivity index (χ2v) is 10.3. The normalized spacial score (nSPS) is 15.8. The lowest BCUT2D eigenvalue weighted by Crippen LogP contribution is -2.41. The molecule has 9 nitrogen and oxygen atoms in total. The Morgan fingerprint density at radius 1 is 1.09 bits per heavy atom. The fraction of sp³-hybridized carbons (Fsp3) is 0.435. The molecule has 10 heteroatoms. The van der Waals surface area contributed by atoms with E-state index in [9.17, 15) is 23.4 Å². The number of piperidine rings is 1. The lowest BCUT2D eigenvalue weighted by Gasteiger charge is -2.29. The summed E-state index contributed by atoms with van der Waals surface area (Å²) in [5.41, 5.74) is 0.969. The van der Waals surface area contributed by atoms with E-state index in [1.165, 1.54) is 17.0 Å². The quantitative estimate of drug-likeness (QED) is 0.380. The molecule has 1 atom stereocenters. The molecule has 0 bridgehead atoms. The Morgan fingerprint density at radius 3 is 2.33 bits per heavy atom. The molecule has 0 unspecified atom stereocenters. The average molecular weight is 479 g/mol. The van der Waals surface area contributed by atoms with Crippen molar-refractivity contribution >= 4 is 15.9 Å². The van der Waals surface area contributed by atoms with E-state index in [1.54, 1.807) is 36.4 Å². The summed E-state index contributed by atoms with van der Waals surface area (Å²) in [6.07, 6.45) is -0.429. The topological polar surface area (TPSA) is 136 Å². The maximum atomic E-state index is 12.9. The summed E-state index contributed by atoms with van der Waals surface area (Å²) in [6, 6.07) is 13.0. The number of benzene rings is 2. The molecule has 4 N–H and O–H groups in total. The fourth-order valence-electron chi connectivity index (χ4n) is 3.69. The highest BCUT2D eigenvalue weighted by Gasteiger charge is 2.32. The van der Waals surface area contributed by atoms with Crippen molar-refractivity contribution < 1.29 is 33.3 Å². The smallest absolute Gasteiger partial charge is 0.407 e. The summed E-state index contributed by atoms with van der Waals surface area (Å²) in [5.74, 6) is 0.714. The van der Waals surface area contributed by atoms with Gasteiger partial charge in [-0.2, -0.15) is 0 Å². The molecule has 1 aliphatic rings. The van der Waals surface area contributed by atoms with Crippen LogP contribution in [0.15, 0.2) is 53.4 Å². The van der Waals surface area contributed by atoms with Gasteiger partial charge >= 0.3 is 6.09 Å². The van der Waals surface area contributed by atoms with Crippen molar-refractivity contribution in [3.63, 3.8) is 0 Å². The van der Waals surface area contributed by atoms with Crippen LogP contribution < -0.4 is 10.1 Å². The number of ether oxygens (including phenoxy) is 1. The summed E-state index contributed by atoms with van der Waals surface area (Å²) in [7, 11) is -3.49. The number of sulfone groups is 1. The molecule has 1 aliphatic heterocycles. The second-order valence-electron chi connectivity index (χ2n) is 8.07. The van der Waals surface area contributed by atoms with Gasteiger partial charge in [-0.3, -0.25) is 0 Å². The number of carboxylic acid groups (broad SMARTS) is 1. The van der Waals surface area contributed by atoms with Crippen LogP contribution >= 0.6 is 0 Å². The number of amides is 1. The minimum Gasteiger partial charge on any atom is -0.508 e. The SMILES string of the molecule is O=C(O)N1CCC(S(=O)(=O)c2ccc(CCNC[C@H](O)COc3ccc(O)cc3)cc2)CC1. The molecule has 0 saturated carbocycles. The zero-order chi connectivity index (χ0) is 23.8. The Balaban J connectivity index is 1.39. The Hall–Kier alpha value is -2.82. The van der Waals surface area contributed by atoms with E-state index in [-0.39, 0.29) is 30.3 Å². The molecule has 33 heavy (non-hydrogen) atoms. The van der Waals surface area contributed by atoms with Crippen molar-refractivity contribution in [2.75, 3.05) is 32.8 Å².